The molecule has 3 heterocycles. The molecule has 178 valence electrons. The summed E-state index contributed by atoms with van der Waals surface area (Å²) in [5, 5.41) is 16.1. The molecule has 4 rings (SSSR count). The van der Waals surface area contributed by atoms with Crippen molar-refractivity contribution in [2.24, 2.45) is 13.0 Å². The fraction of sp³-hybridized carbons (Fsp3) is 0.667. The Kier molecular flexibility index (Phi) is 7.94. The summed E-state index contributed by atoms with van der Waals surface area (Å²) in [5.74, 6) is -2.00. The van der Waals surface area contributed by atoms with E-state index in [0.29, 0.717) is 0 Å². The van der Waals surface area contributed by atoms with Gasteiger partial charge in [-0.3, -0.25) is 14.3 Å². The summed E-state index contributed by atoms with van der Waals surface area (Å²) in [6, 6.07) is 4.30. The topological polar surface area (TPSA) is 85.4 Å². The van der Waals surface area contributed by atoms with Crippen molar-refractivity contribution in [2.75, 3.05) is 13.2 Å². The van der Waals surface area contributed by atoms with Crippen molar-refractivity contribution < 1.29 is 27.8 Å². The van der Waals surface area contributed by atoms with Crippen LogP contribution in [0.5, 0.6) is 0 Å². The zero-order chi connectivity index (χ0) is 23.3. The van der Waals surface area contributed by atoms with E-state index >= 15 is 0 Å². The van der Waals surface area contributed by atoms with E-state index in [9.17, 15) is 13.2 Å². The SMILES string of the molecule is Cc1cc(CN2Cc3ccnn3CC(OCC3CCCC3)C2)n(C)n1.O=C(O)C(F)(F)F. The van der Waals surface area contributed by atoms with Crippen molar-refractivity contribution in [3.8, 4) is 0 Å². The highest BCUT2D eigenvalue weighted by Crippen LogP contribution is 2.26. The van der Waals surface area contributed by atoms with Crippen LogP contribution in [0.2, 0.25) is 0 Å². The van der Waals surface area contributed by atoms with Gasteiger partial charge in [-0.1, -0.05) is 12.8 Å². The smallest absolute Gasteiger partial charge is 0.475 e. The van der Waals surface area contributed by atoms with Gasteiger partial charge in [0, 0.05) is 39.5 Å². The van der Waals surface area contributed by atoms with E-state index in [1.54, 1.807) is 0 Å². The molecule has 1 fully saturated rings. The zero-order valence-electron chi connectivity index (χ0n) is 18.4. The number of alkyl halides is 3. The van der Waals surface area contributed by atoms with Crippen LogP contribution in [0.25, 0.3) is 0 Å². The summed E-state index contributed by atoms with van der Waals surface area (Å²) < 4.78 is 42.2. The monoisotopic (exact) mass is 457 g/mol. The van der Waals surface area contributed by atoms with Crippen LogP contribution in [0.15, 0.2) is 18.3 Å². The lowest BCUT2D eigenvalue weighted by Crippen LogP contribution is -2.34. The second-order valence-corrected chi connectivity index (χ2v) is 8.48. The Balaban J connectivity index is 0.000000360. The second kappa shape index (κ2) is 10.5. The summed E-state index contributed by atoms with van der Waals surface area (Å²) in [5.41, 5.74) is 3.59. The molecule has 1 saturated carbocycles. The molecule has 1 aliphatic heterocycles. The minimum atomic E-state index is -5.08. The average Bonchev–Trinajstić information content (AvgIpc) is 3.41. The Morgan fingerprint density at radius 2 is 1.97 bits per heavy atom. The lowest BCUT2D eigenvalue weighted by Gasteiger charge is -2.25. The summed E-state index contributed by atoms with van der Waals surface area (Å²) in [7, 11) is 2.03. The lowest BCUT2D eigenvalue weighted by molar-refractivity contribution is -0.192. The molecule has 2 aromatic heterocycles. The molecular weight excluding hydrogens is 427 g/mol. The molecule has 0 aromatic carbocycles. The summed E-state index contributed by atoms with van der Waals surface area (Å²) >= 11 is 0. The van der Waals surface area contributed by atoms with Gasteiger partial charge in [0.2, 0.25) is 0 Å². The van der Waals surface area contributed by atoms with Crippen molar-refractivity contribution in [2.45, 2.75) is 64.5 Å². The Bertz CT molecular complexity index is 890. The van der Waals surface area contributed by atoms with Crippen LogP contribution >= 0.6 is 0 Å². The highest BCUT2D eigenvalue weighted by molar-refractivity contribution is 5.73. The van der Waals surface area contributed by atoms with Crippen molar-refractivity contribution in [1.29, 1.82) is 0 Å². The van der Waals surface area contributed by atoms with Gasteiger partial charge in [0.25, 0.3) is 0 Å². The molecule has 11 heteroatoms. The largest absolute Gasteiger partial charge is 0.490 e. The number of hydrogen-bond donors (Lipinski definition) is 1. The van der Waals surface area contributed by atoms with E-state index in [0.717, 1.165) is 44.4 Å². The number of ether oxygens (including phenoxy) is 1. The number of aromatic nitrogens is 4. The molecule has 1 atom stereocenters. The number of hydrogen-bond acceptors (Lipinski definition) is 5. The molecule has 0 spiro atoms. The minimum absolute atomic E-state index is 0.205. The maximum Gasteiger partial charge on any atom is 0.490 e. The number of rotatable bonds is 5. The van der Waals surface area contributed by atoms with Gasteiger partial charge in [-0.2, -0.15) is 23.4 Å². The maximum absolute atomic E-state index is 10.6. The minimum Gasteiger partial charge on any atom is -0.475 e. The normalized spacial score (nSPS) is 19.8. The number of carboxylic acid groups (broad SMARTS) is 1. The Morgan fingerprint density at radius 1 is 1.28 bits per heavy atom. The molecule has 0 amide bonds. The Labute approximate surface area is 184 Å². The number of aryl methyl sites for hydroxylation is 2. The first-order valence-corrected chi connectivity index (χ1v) is 10.8. The molecule has 1 unspecified atom stereocenters. The molecule has 1 aliphatic carbocycles. The van der Waals surface area contributed by atoms with Crippen LogP contribution in [0, 0.1) is 12.8 Å². The van der Waals surface area contributed by atoms with Gasteiger partial charge in [0.05, 0.1) is 29.7 Å². The highest BCUT2D eigenvalue weighted by Gasteiger charge is 2.38. The summed E-state index contributed by atoms with van der Waals surface area (Å²) in [4.78, 5) is 11.4. The van der Waals surface area contributed by atoms with Crippen LogP contribution in [0.3, 0.4) is 0 Å². The standard InChI is InChI=1S/C19H29N5O.C2HF3O2/c1-15-9-18(22(2)21-15)11-23-10-17-7-8-20-24(17)13-19(12-23)25-14-16-5-3-4-6-16;3-2(4,5)1(6)7/h7-9,16,19H,3-6,10-14H2,1-2H3;(H,6,7). The van der Waals surface area contributed by atoms with Crippen molar-refractivity contribution in [1.82, 2.24) is 24.5 Å². The van der Waals surface area contributed by atoms with Crippen LogP contribution in [-0.2, 0) is 36.2 Å². The third-order valence-electron chi connectivity index (χ3n) is 5.80. The third-order valence-corrected chi connectivity index (χ3v) is 5.80. The number of carboxylic acids is 1. The van der Waals surface area contributed by atoms with Gasteiger partial charge in [-0.05, 0) is 37.8 Å². The van der Waals surface area contributed by atoms with Gasteiger partial charge in [-0.15, -0.1) is 0 Å². The van der Waals surface area contributed by atoms with Gasteiger partial charge >= 0.3 is 12.1 Å². The van der Waals surface area contributed by atoms with E-state index in [1.165, 1.54) is 37.1 Å². The van der Waals surface area contributed by atoms with Crippen LogP contribution in [0.4, 0.5) is 13.2 Å². The van der Waals surface area contributed by atoms with Crippen LogP contribution < -0.4 is 0 Å². The van der Waals surface area contributed by atoms with E-state index in [2.05, 4.69) is 38.8 Å². The van der Waals surface area contributed by atoms with Crippen molar-refractivity contribution >= 4 is 5.97 Å². The van der Waals surface area contributed by atoms with Crippen LogP contribution in [-0.4, -0.2) is 61.0 Å². The first-order valence-electron chi connectivity index (χ1n) is 10.8. The predicted octanol–water partition coefficient (Wildman–Crippen LogP) is 3.15. The molecule has 0 radical (unpaired) electrons. The quantitative estimate of drug-likeness (QED) is 0.743. The van der Waals surface area contributed by atoms with E-state index in [4.69, 9.17) is 14.6 Å². The maximum atomic E-state index is 10.6. The molecule has 0 bridgehead atoms. The third kappa shape index (κ3) is 6.80. The molecule has 0 saturated heterocycles. The lowest BCUT2D eigenvalue weighted by atomic mass is 10.1. The highest BCUT2D eigenvalue weighted by atomic mass is 19.4. The zero-order valence-corrected chi connectivity index (χ0v) is 18.4. The second-order valence-electron chi connectivity index (χ2n) is 8.48. The van der Waals surface area contributed by atoms with E-state index < -0.39 is 12.1 Å². The number of nitrogens with zero attached hydrogens (tertiary/aromatic N) is 5. The van der Waals surface area contributed by atoms with Gasteiger partial charge in [-0.25, -0.2) is 4.79 Å². The number of carbonyl (C=O) groups is 1. The summed E-state index contributed by atoms with van der Waals surface area (Å²) in [6.07, 6.45) is 2.43. The number of fused-ring (bicyclic) bond motifs is 1. The fourth-order valence-corrected chi connectivity index (χ4v) is 4.21. The Hall–Kier alpha value is -2.40. The van der Waals surface area contributed by atoms with E-state index in [-0.39, 0.29) is 6.10 Å². The predicted molar refractivity (Wildman–Crippen MR) is 110 cm³/mol. The molecule has 32 heavy (non-hydrogen) atoms. The Morgan fingerprint density at radius 3 is 2.56 bits per heavy atom. The van der Waals surface area contributed by atoms with Gasteiger partial charge in [0.1, 0.15) is 0 Å². The molecule has 8 nitrogen and oxygen atoms in total. The summed E-state index contributed by atoms with van der Waals surface area (Å²) in [6.45, 7) is 6.56. The fourth-order valence-electron chi connectivity index (χ4n) is 4.21. The molecule has 2 aromatic rings. The average molecular weight is 457 g/mol. The number of halogens is 3. The van der Waals surface area contributed by atoms with Gasteiger partial charge in [0.15, 0.2) is 0 Å². The first-order chi connectivity index (χ1) is 15.1. The number of aliphatic carboxylic acids is 1. The molecule has 1 N–H and O–H groups in total. The van der Waals surface area contributed by atoms with Crippen LogP contribution in [0.1, 0.15) is 42.8 Å². The van der Waals surface area contributed by atoms with E-state index in [1.807, 2.05) is 17.9 Å². The molecule has 2 aliphatic rings. The molecular formula is C21H30F3N5O3. The van der Waals surface area contributed by atoms with Crippen molar-refractivity contribution in [3.05, 3.63) is 35.4 Å². The van der Waals surface area contributed by atoms with Gasteiger partial charge < -0.3 is 9.84 Å². The van der Waals surface area contributed by atoms with Crippen molar-refractivity contribution in [3.63, 3.8) is 0 Å². The first kappa shape index (κ1) is 24.2.